The number of nitrogens with zero attached hydrogens (tertiary/aromatic N) is 1. The lowest BCUT2D eigenvalue weighted by atomic mass is 10.3. The fourth-order valence-electron chi connectivity index (χ4n) is 0.636. The zero-order valence-electron chi connectivity index (χ0n) is 5.82. The molecule has 0 bridgehead atoms. The Kier molecular flexibility index (Phi) is 2.05. The Balaban J connectivity index is 2.81. The van der Waals surface area contributed by atoms with Crippen molar-refractivity contribution in [1.82, 2.24) is 4.90 Å². The van der Waals surface area contributed by atoms with Crippen LogP contribution in [0.3, 0.4) is 0 Å². The van der Waals surface area contributed by atoms with Gasteiger partial charge in [0.05, 0.1) is 0 Å². The van der Waals surface area contributed by atoms with Crippen LogP contribution in [0.25, 0.3) is 0 Å². The van der Waals surface area contributed by atoms with Gasteiger partial charge in [-0.3, -0.25) is 4.79 Å². The summed E-state index contributed by atoms with van der Waals surface area (Å²) >= 11 is 0. The molecule has 2 nitrogen and oxygen atoms in total. The highest BCUT2D eigenvalue weighted by atomic mass is 16.2. The molecule has 0 aliphatic carbocycles. The molecule has 0 N–H and O–H groups in total. The second kappa shape index (κ2) is 3.01. The predicted octanol–water partition coefficient (Wildman–Crippen LogP) is 1.08. The van der Waals surface area contributed by atoms with Crippen LogP contribution in [0.5, 0.6) is 0 Å². The molecule has 0 aromatic carbocycles. The summed E-state index contributed by atoms with van der Waals surface area (Å²) in [4.78, 5) is 12.4. The molecule has 1 rings (SSSR count). The summed E-state index contributed by atoms with van der Waals surface area (Å²) in [7, 11) is 1.72. The van der Waals surface area contributed by atoms with Gasteiger partial charge in [-0.15, -0.1) is 0 Å². The zero-order valence-corrected chi connectivity index (χ0v) is 5.82. The molecule has 10 heavy (non-hydrogen) atoms. The lowest BCUT2D eigenvalue weighted by molar-refractivity contribution is -0.122. The van der Waals surface area contributed by atoms with Crippen LogP contribution in [0.4, 0.5) is 0 Å². The minimum absolute atomic E-state index is 0.000556. The van der Waals surface area contributed by atoms with E-state index in [9.17, 15) is 4.79 Å². The quantitative estimate of drug-likeness (QED) is 0.486. The maximum Gasteiger partial charge on any atom is 0.250 e. The van der Waals surface area contributed by atoms with Crippen LogP contribution in [0.2, 0.25) is 0 Å². The maximum absolute atomic E-state index is 10.9. The minimum Gasteiger partial charge on any atom is -0.319 e. The van der Waals surface area contributed by atoms with E-state index in [1.165, 1.54) is 11.0 Å². The van der Waals surface area contributed by atoms with Crippen LogP contribution in [0.15, 0.2) is 36.6 Å². The van der Waals surface area contributed by atoms with Gasteiger partial charge in [0.1, 0.15) is 0 Å². The molecule has 0 aromatic rings. The summed E-state index contributed by atoms with van der Waals surface area (Å²) in [5.41, 5.74) is 0. The first-order valence-electron chi connectivity index (χ1n) is 3.09. The fraction of sp³-hybridized carbons (Fsp3) is 0.125. The van der Waals surface area contributed by atoms with E-state index in [0.29, 0.717) is 0 Å². The summed E-state index contributed by atoms with van der Waals surface area (Å²) < 4.78 is 0. The van der Waals surface area contributed by atoms with Crippen molar-refractivity contribution in [3.8, 4) is 0 Å². The lowest BCUT2D eigenvalue weighted by Gasteiger charge is -2.07. The molecule has 0 spiro atoms. The normalized spacial score (nSPS) is 26.9. The van der Waals surface area contributed by atoms with Crippen LogP contribution in [-0.4, -0.2) is 17.9 Å². The molecule has 1 heterocycles. The molecular weight excluding hydrogens is 126 g/mol. The molecule has 1 amide bonds. The van der Waals surface area contributed by atoms with Crippen LogP contribution in [-0.2, 0) is 4.79 Å². The fourth-order valence-corrected chi connectivity index (χ4v) is 0.636. The first kappa shape index (κ1) is 6.81. The van der Waals surface area contributed by atoms with E-state index >= 15 is 0 Å². The Bertz CT molecular complexity index is 213. The largest absolute Gasteiger partial charge is 0.319 e. The van der Waals surface area contributed by atoms with Crippen molar-refractivity contribution >= 4 is 5.91 Å². The van der Waals surface area contributed by atoms with Crippen LogP contribution >= 0.6 is 0 Å². The van der Waals surface area contributed by atoms with E-state index in [-0.39, 0.29) is 5.91 Å². The molecule has 0 saturated carbocycles. The van der Waals surface area contributed by atoms with Crippen molar-refractivity contribution in [3.05, 3.63) is 36.6 Å². The molecule has 0 radical (unpaired) electrons. The third kappa shape index (κ3) is 1.58. The highest BCUT2D eigenvalue weighted by Crippen LogP contribution is 1.93. The Labute approximate surface area is 60.1 Å². The molecule has 1 aliphatic heterocycles. The molecular formula is C8H9NO. The number of hydrogen-bond acceptors (Lipinski definition) is 1. The van der Waals surface area contributed by atoms with Gasteiger partial charge in [0, 0.05) is 19.3 Å². The van der Waals surface area contributed by atoms with Gasteiger partial charge >= 0.3 is 0 Å². The molecule has 0 aromatic heterocycles. The average Bonchev–Trinajstić information content (AvgIpc) is 1.92. The van der Waals surface area contributed by atoms with Crippen molar-refractivity contribution in [2.24, 2.45) is 0 Å². The minimum atomic E-state index is 0.000556. The Hall–Kier alpha value is -1.31. The second-order valence-corrected chi connectivity index (χ2v) is 2.03. The number of hydrogen-bond donors (Lipinski definition) is 0. The summed E-state index contributed by atoms with van der Waals surface area (Å²) in [5.74, 6) is 0.000556. The number of carbonyl (C=O) groups excluding carboxylic acids is 1. The van der Waals surface area contributed by atoms with Gasteiger partial charge < -0.3 is 4.90 Å². The standard InChI is InChI=1S/C8H9NO/c1-9-7-5-3-2-4-6-8(9)10/h2-7H,1H3/b3-2-,6-4-,7-5+. The van der Waals surface area contributed by atoms with Crippen molar-refractivity contribution in [1.29, 1.82) is 0 Å². The third-order valence-corrected chi connectivity index (χ3v) is 1.23. The van der Waals surface area contributed by atoms with Gasteiger partial charge in [-0.1, -0.05) is 18.2 Å². The van der Waals surface area contributed by atoms with E-state index in [2.05, 4.69) is 0 Å². The highest BCUT2D eigenvalue weighted by molar-refractivity contribution is 5.88. The summed E-state index contributed by atoms with van der Waals surface area (Å²) in [5, 5.41) is 0. The topological polar surface area (TPSA) is 20.3 Å². The first-order chi connectivity index (χ1) is 4.80. The van der Waals surface area contributed by atoms with Crippen molar-refractivity contribution < 1.29 is 4.79 Å². The maximum atomic E-state index is 10.9. The second-order valence-electron chi connectivity index (χ2n) is 2.03. The summed E-state index contributed by atoms with van der Waals surface area (Å²) in [6.45, 7) is 0. The SMILES string of the molecule is CN1/C=C/C=C\C=C/C1=O. The molecule has 0 fully saturated rings. The predicted molar refractivity (Wildman–Crippen MR) is 40.2 cm³/mol. The molecule has 1 aliphatic rings. The zero-order chi connectivity index (χ0) is 7.40. The van der Waals surface area contributed by atoms with Crippen molar-refractivity contribution in [2.75, 3.05) is 7.05 Å². The van der Waals surface area contributed by atoms with Crippen LogP contribution in [0, 0.1) is 0 Å². The number of rotatable bonds is 0. The molecule has 2 heteroatoms. The van der Waals surface area contributed by atoms with Gasteiger partial charge in [0.25, 0.3) is 0 Å². The van der Waals surface area contributed by atoms with Crippen molar-refractivity contribution in [2.45, 2.75) is 0 Å². The Morgan fingerprint density at radius 1 is 1.20 bits per heavy atom. The number of likely N-dealkylation sites (N-methyl/N-ethyl adjacent to an activating group) is 1. The monoisotopic (exact) mass is 135 g/mol. The first-order valence-corrected chi connectivity index (χ1v) is 3.09. The van der Waals surface area contributed by atoms with Gasteiger partial charge in [-0.05, 0) is 6.08 Å². The number of allylic oxidation sites excluding steroid dienone is 4. The van der Waals surface area contributed by atoms with Gasteiger partial charge in [0.15, 0.2) is 0 Å². The van der Waals surface area contributed by atoms with Crippen molar-refractivity contribution in [3.63, 3.8) is 0 Å². The van der Waals surface area contributed by atoms with Gasteiger partial charge in [0.2, 0.25) is 5.91 Å². The molecule has 0 saturated heterocycles. The molecule has 0 atom stereocenters. The van der Waals surface area contributed by atoms with E-state index in [1.54, 1.807) is 19.3 Å². The highest BCUT2D eigenvalue weighted by Gasteiger charge is 1.98. The number of amides is 1. The molecule has 52 valence electrons. The van der Waals surface area contributed by atoms with Gasteiger partial charge in [-0.25, -0.2) is 0 Å². The van der Waals surface area contributed by atoms with E-state index in [1.807, 2.05) is 18.2 Å². The summed E-state index contributed by atoms with van der Waals surface area (Å²) in [6.07, 6.45) is 10.5. The smallest absolute Gasteiger partial charge is 0.250 e. The Morgan fingerprint density at radius 2 is 1.90 bits per heavy atom. The van der Waals surface area contributed by atoms with E-state index in [4.69, 9.17) is 0 Å². The van der Waals surface area contributed by atoms with Crippen LogP contribution in [0.1, 0.15) is 0 Å². The lowest BCUT2D eigenvalue weighted by Crippen LogP contribution is -2.18. The molecule has 0 unspecified atom stereocenters. The van der Waals surface area contributed by atoms with E-state index in [0.717, 1.165) is 0 Å². The Morgan fingerprint density at radius 3 is 2.70 bits per heavy atom. The number of carbonyl (C=O) groups is 1. The third-order valence-electron chi connectivity index (χ3n) is 1.23. The van der Waals surface area contributed by atoms with Gasteiger partial charge in [-0.2, -0.15) is 0 Å². The van der Waals surface area contributed by atoms with Crippen LogP contribution < -0.4 is 0 Å². The average molecular weight is 135 g/mol. The summed E-state index contributed by atoms with van der Waals surface area (Å²) in [6, 6.07) is 0. The van der Waals surface area contributed by atoms with E-state index < -0.39 is 0 Å².